The minimum atomic E-state index is 0.666. The fourth-order valence-electron chi connectivity index (χ4n) is 1.82. The highest BCUT2D eigenvalue weighted by Crippen LogP contribution is 2.20. The van der Waals surface area contributed by atoms with Gasteiger partial charge in [-0.1, -0.05) is 23.4 Å². The molecule has 2 heterocycles. The van der Waals surface area contributed by atoms with Gasteiger partial charge in [0, 0.05) is 23.6 Å². The molecule has 2 aromatic heterocycles. The number of hydrogen-bond donors (Lipinski definition) is 1. The molecule has 0 atom stereocenters. The number of nitrogens with zero attached hydrogens (tertiary/aromatic N) is 1. The summed E-state index contributed by atoms with van der Waals surface area (Å²) < 4.78 is 10.5. The maximum atomic E-state index is 5.46. The van der Waals surface area contributed by atoms with Crippen molar-refractivity contribution in [2.75, 3.05) is 0 Å². The predicted molar refractivity (Wildman–Crippen MR) is 63.3 cm³/mol. The van der Waals surface area contributed by atoms with Crippen LogP contribution >= 0.6 is 0 Å². The van der Waals surface area contributed by atoms with Crippen LogP contribution in [-0.4, -0.2) is 5.16 Å². The van der Waals surface area contributed by atoms with Crippen LogP contribution < -0.4 is 5.32 Å². The topological polar surface area (TPSA) is 51.2 Å². The number of hydrogen-bond acceptors (Lipinski definition) is 4. The van der Waals surface area contributed by atoms with E-state index >= 15 is 0 Å². The van der Waals surface area contributed by atoms with Gasteiger partial charge >= 0.3 is 0 Å². The molecule has 0 saturated carbocycles. The van der Waals surface area contributed by atoms with Crippen LogP contribution in [0.2, 0.25) is 0 Å². The summed E-state index contributed by atoms with van der Waals surface area (Å²) in [4.78, 5) is 0. The largest absolute Gasteiger partial charge is 0.464 e. The Balaban J connectivity index is 1.69. The van der Waals surface area contributed by atoms with Crippen molar-refractivity contribution in [3.05, 3.63) is 54.1 Å². The zero-order chi connectivity index (χ0) is 11.5. The second-order valence-corrected chi connectivity index (χ2v) is 3.84. The van der Waals surface area contributed by atoms with E-state index in [4.69, 9.17) is 8.94 Å². The van der Waals surface area contributed by atoms with Gasteiger partial charge in [0.1, 0.15) is 11.3 Å². The van der Waals surface area contributed by atoms with Crippen LogP contribution in [-0.2, 0) is 13.1 Å². The molecule has 0 saturated heterocycles. The van der Waals surface area contributed by atoms with Gasteiger partial charge in [-0.15, -0.1) is 0 Å². The van der Waals surface area contributed by atoms with Gasteiger partial charge in [-0.05, 0) is 6.07 Å². The van der Waals surface area contributed by atoms with Crippen LogP contribution in [0.5, 0.6) is 0 Å². The van der Waals surface area contributed by atoms with Crippen molar-refractivity contribution < 1.29 is 8.94 Å². The Kier molecular flexibility index (Phi) is 2.63. The Bertz CT molecular complexity index is 599. The van der Waals surface area contributed by atoms with Gasteiger partial charge in [0.15, 0.2) is 0 Å². The van der Waals surface area contributed by atoms with E-state index < -0.39 is 0 Å². The SMILES string of the molecule is c1ccc2c(CNCc3ccno3)coc2c1. The summed E-state index contributed by atoms with van der Waals surface area (Å²) in [5.41, 5.74) is 2.07. The number of benzene rings is 1. The normalized spacial score (nSPS) is 11.1. The van der Waals surface area contributed by atoms with E-state index in [9.17, 15) is 0 Å². The van der Waals surface area contributed by atoms with Gasteiger partial charge in [0.05, 0.1) is 19.0 Å². The zero-order valence-electron chi connectivity index (χ0n) is 9.22. The minimum absolute atomic E-state index is 0.666. The van der Waals surface area contributed by atoms with Gasteiger partial charge < -0.3 is 14.3 Å². The van der Waals surface area contributed by atoms with Gasteiger partial charge in [-0.2, -0.15) is 0 Å². The molecule has 0 unspecified atom stereocenters. The molecule has 4 heteroatoms. The van der Waals surface area contributed by atoms with E-state index in [0.717, 1.165) is 28.8 Å². The maximum absolute atomic E-state index is 5.46. The standard InChI is InChI=1S/C13H12N2O2/c1-2-4-13-12(3-1)10(9-16-13)7-14-8-11-5-6-15-17-11/h1-6,9,14H,7-8H2. The summed E-state index contributed by atoms with van der Waals surface area (Å²) in [6.45, 7) is 1.41. The summed E-state index contributed by atoms with van der Waals surface area (Å²) in [6, 6.07) is 9.86. The maximum Gasteiger partial charge on any atom is 0.150 e. The Hall–Kier alpha value is -2.07. The Morgan fingerprint density at radius 2 is 2.06 bits per heavy atom. The molecular formula is C13H12N2O2. The van der Waals surface area contributed by atoms with E-state index in [1.807, 2.05) is 24.3 Å². The zero-order valence-corrected chi connectivity index (χ0v) is 9.22. The van der Waals surface area contributed by atoms with Crippen molar-refractivity contribution in [1.82, 2.24) is 10.5 Å². The van der Waals surface area contributed by atoms with Crippen LogP contribution in [0.25, 0.3) is 11.0 Å². The van der Waals surface area contributed by atoms with Crippen LogP contribution in [0, 0.1) is 0 Å². The van der Waals surface area contributed by atoms with E-state index in [1.54, 1.807) is 12.5 Å². The molecule has 86 valence electrons. The molecule has 1 aromatic carbocycles. The van der Waals surface area contributed by atoms with Gasteiger partial charge in [-0.25, -0.2) is 0 Å². The van der Waals surface area contributed by atoms with Crippen molar-refractivity contribution in [3.8, 4) is 0 Å². The van der Waals surface area contributed by atoms with Crippen molar-refractivity contribution >= 4 is 11.0 Å². The number of nitrogens with one attached hydrogen (secondary N) is 1. The molecule has 0 bridgehead atoms. The Morgan fingerprint density at radius 3 is 2.94 bits per heavy atom. The first kappa shape index (κ1) is 10.1. The average Bonchev–Trinajstić information content (AvgIpc) is 2.99. The lowest BCUT2D eigenvalue weighted by Crippen LogP contribution is -2.11. The summed E-state index contributed by atoms with van der Waals surface area (Å²) >= 11 is 0. The lowest BCUT2D eigenvalue weighted by molar-refractivity contribution is 0.372. The van der Waals surface area contributed by atoms with Gasteiger partial charge in [-0.3, -0.25) is 0 Å². The number of rotatable bonds is 4. The molecule has 0 fully saturated rings. The highest BCUT2D eigenvalue weighted by Gasteiger charge is 2.04. The van der Waals surface area contributed by atoms with Crippen LogP contribution in [0.3, 0.4) is 0 Å². The number of fused-ring (bicyclic) bond motifs is 1. The smallest absolute Gasteiger partial charge is 0.150 e. The van der Waals surface area contributed by atoms with Gasteiger partial charge in [0.2, 0.25) is 0 Å². The lowest BCUT2D eigenvalue weighted by Gasteiger charge is -1.99. The van der Waals surface area contributed by atoms with Crippen molar-refractivity contribution in [2.45, 2.75) is 13.1 Å². The number of furan rings is 1. The first-order valence-corrected chi connectivity index (χ1v) is 5.49. The lowest BCUT2D eigenvalue weighted by atomic mass is 10.2. The van der Waals surface area contributed by atoms with E-state index in [0.29, 0.717) is 6.54 Å². The third kappa shape index (κ3) is 2.07. The molecule has 3 aromatic rings. The average molecular weight is 228 g/mol. The second-order valence-electron chi connectivity index (χ2n) is 3.84. The van der Waals surface area contributed by atoms with Crippen molar-refractivity contribution in [2.24, 2.45) is 0 Å². The molecule has 1 N–H and O–H groups in total. The molecule has 3 rings (SSSR count). The summed E-state index contributed by atoms with van der Waals surface area (Å²) in [5.74, 6) is 0.831. The van der Waals surface area contributed by atoms with E-state index in [2.05, 4.69) is 16.5 Å². The van der Waals surface area contributed by atoms with Crippen molar-refractivity contribution in [3.63, 3.8) is 0 Å². The quantitative estimate of drug-likeness (QED) is 0.746. The first-order chi connectivity index (χ1) is 8.43. The number of aromatic nitrogens is 1. The highest BCUT2D eigenvalue weighted by atomic mass is 16.5. The summed E-state index contributed by atoms with van der Waals surface area (Å²) in [6.07, 6.45) is 3.43. The molecule has 17 heavy (non-hydrogen) atoms. The number of para-hydroxylation sites is 1. The molecule has 0 aliphatic heterocycles. The van der Waals surface area contributed by atoms with E-state index in [-0.39, 0.29) is 0 Å². The summed E-state index contributed by atoms with van der Waals surface area (Å²) in [5, 5.41) is 8.09. The molecule has 4 nitrogen and oxygen atoms in total. The Morgan fingerprint density at radius 1 is 1.12 bits per heavy atom. The monoisotopic (exact) mass is 228 g/mol. The third-order valence-corrected chi connectivity index (χ3v) is 2.67. The first-order valence-electron chi connectivity index (χ1n) is 5.49. The summed E-state index contributed by atoms with van der Waals surface area (Å²) in [7, 11) is 0. The Labute approximate surface area is 98.2 Å². The van der Waals surface area contributed by atoms with Crippen LogP contribution in [0.15, 0.2) is 51.7 Å². The molecule has 0 radical (unpaired) electrons. The molecular weight excluding hydrogens is 216 g/mol. The van der Waals surface area contributed by atoms with Crippen LogP contribution in [0.1, 0.15) is 11.3 Å². The highest BCUT2D eigenvalue weighted by molar-refractivity contribution is 5.80. The van der Waals surface area contributed by atoms with E-state index in [1.165, 1.54) is 0 Å². The molecule has 0 spiro atoms. The predicted octanol–water partition coefficient (Wildman–Crippen LogP) is 2.71. The minimum Gasteiger partial charge on any atom is -0.464 e. The molecule has 0 aliphatic carbocycles. The second kappa shape index (κ2) is 4.43. The van der Waals surface area contributed by atoms with Crippen LogP contribution in [0.4, 0.5) is 0 Å². The van der Waals surface area contributed by atoms with Gasteiger partial charge in [0.25, 0.3) is 0 Å². The third-order valence-electron chi connectivity index (χ3n) is 2.67. The van der Waals surface area contributed by atoms with Crippen molar-refractivity contribution in [1.29, 1.82) is 0 Å². The fraction of sp³-hybridized carbons (Fsp3) is 0.154. The molecule has 0 amide bonds. The fourth-order valence-corrected chi connectivity index (χ4v) is 1.82. The molecule has 0 aliphatic rings.